The molecule has 2 atom stereocenters. The average Bonchev–Trinajstić information content (AvgIpc) is 3.31. The van der Waals surface area contributed by atoms with E-state index >= 15 is 0 Å². The van der Waals surface area contributed by atoms with E-state index in [2.05, 4.69) is 24.4 Å². The van der Waals surface area contributed by atoms with Gasteiger partial charge in [-0.25, -0.2) is 0 Å². The first kappa shape index (κ1) is 21.8. The molecule has 2 aliphatic rings. The number of rotatable bonds is 5. The van der Waals surface area contributed by atoms with Crippen molar-refractivity contribution in [3.8, 4) is 0 Å². The molecule has 3 aromatic rings. The molecule has 1 N–H and O–H groups in total. The van der Waals surface area contributed by atoms with E-state index in [4.69, 9.17) is 4.42 Å². The van der Waals surface area contributed by atoms with Crippen molar-refractivity contribution in [3.63, 3.8) is 0 Å². The lowest BCUT2D eigenvalue weighted by atomic mass is 9.91. The van der Waals surface area contributed by atoms with Crippen LogP contribution in [0.3, 0.4) is 0 Å². The zero-order valence-electron chi connectivity index (χ0n) is 19.5. The lowest BCUT2D eigenvalue weighted by Gasteiger charge is -2.45. The van der Waals surface area contributed by atoms with Crippen LogP contribution in [0.15, 0.2) is 53.1 Å². The van der Waals surface area contributed by atoms with Crippen molar-refractivity contribution in [2.24, 2.45) is 0 Å². The van der Waals surface area contributed by atoms with E-state index in [1.54, 1.807) is 17.2 Å². The maximum absolute atomic E-state index is 13.8. The zero-order valence-corrected chi connectivity index (χ0v) is 19.5. The lowest BCUT2D eigenvalue weighted by Crippen LogP contribution is -2.65. The van der Waals surface area contributed by atoms with Crippen molar-refractivity contribution >= 4 is 22.9 Å². The molecule has 0 spiro atoms. The molecule has 1 fully saturated rings. The fourth-order valence-corrected chi connectivity index (χ4v) is 5.48. The second-order valence-corrected chi connectivity index (χ2v) is 9.95. The third-order valence-corrected chi connectivity index (χ3v) is 7.55. The van der Waals surface area contributed by atoms with Gasteiger partial charge in [-0.05, 0) is 31.2 Å². The van der Waals surface area contributed by atoms with Gasteiger partial charge in [0.15, 0.2) is 5.58 Å². The van der Waals surface area contributed by atoms with Crippen molar-refractivity contribution in [2.45, 2.75) is 76.4 Å². The fraction of sp³-hybridized carbons (Fsp3) is 0.481. The summed E-state index contributed by atoms with van der Waals surface area (Å²) in [7, 11) is 0. The van der Waals surface area contributed by atoms with Crippen molar-refractivity contribution in [2.75, 3.05) is 6.54 Å². The molecule has 1 aromatic carbocycles. The number of amides is 2. The van der Waals surface area contributed by atoms with E-state index in [1.165, 1.54) is 12.8 Å². The minimum Gasteiger partial charge on any atom is -0.463 e. The minimum absolute atomic E-state index is 0.0565. The molecule has 33 heavy (non-hydrogen) atoms. The zero-order chi connectivity index (χ0) is 23.0. The Balaban J connectivity index is 1.49. The molecule has 3 heterocycles. The molecule has 1 aliphatic heterocycles. The van der Waals surface area contributed by atoms with E-state index in [-0.39, 0.29) is 23.8 Å². The monoisotopic (exact) mass is 447 g/mol. The molecule has 2 unspecified atom stereocenters. The van der Waals surface area contributed by atoms with Crippen molar-refractivity contribution in [1.82, 2.24) is 14.8 Å². The Hall–Kier alpha value is -3.02. The van der Waals surface area contributed by atoms with Crippen LogP contribution in [-0.4, -0.2) is 39.4 Å². The number of furan rings is 1. The van der Waals surface area contributed by atoms with Crippen LogP contribution in [0.2, 0.25) is 0 Å². The van der Waals surface area contributed by atoms with Crippen LogP contribution in [0.1, 0.15) is 74.3 Å². The average molecular weight is 448 g/mol. The Morgan fingerprint density at radius 2 is 1.88 bits per heavy atom. The quantitative estimate of drug-likeness (QED) is 0.554. The topological polar surface area (TPSA) is 67.5 Å². The van der Waals surface area contributed by atoms with Crippen LogP contribution in [-0.2, 0) is 11.3 Å². The summed E-state index contributed by atoms with van der Waals surface area (Å²) < 4.78 is 7.53. The molecule has 5 rings (SSSR count). The van der Waals surface area contributed by atoms with Gasteiger partial charge in [0.25, 0.3) is 5.91 Å². The maximum atomic E-state index is 13.8. The minimum atomic E-state index is -0.983. The SMILES string of the molecule is CC(CN1C(=O)c2cc3occc3n2CC1(C)C(=O)NC1CCCCCC1)c1ccccc1. The molecule has 6 heteroatoms. The Morgan fingerprint density at radius 3 is 2.61 bits per heavy atom. The summed E-state index contributed by atoms with van der Waals surface area (Å²) in [6.45, 7) is 4.93. The Kier molecular flexibility index (Phi) is 5.77. The molecule has 6 nitrogen and oxygen atoms in total. The number of nitrogens with zero attached hydrogens (tertiary/aromatic N) is 2. The number of hydrogen-bond acceptors (Lipinski definition) is 3. The smallest absolute Gasteiger partial charge is 0.271 e. The third kappa shape index (κ3) is 3.96. The van der Waals surface area contributed by atoms with Gasteiger partial charge < -0.3 is 19.2 Å². The van der Waals surface area contributed by atoms with E-state index in [0.29, 0.717) is 24.4 Å². The van der Waals surface area contributed by atoms with Gasteiger partial charge in [-0.2, -0.15) is 0 Å². The first-order valence-electron chi connectivity index (χ1n) is 12.2. The summed E-state index contributed by atoms with van der Waals surface area (Å²) in [5, 5.41) is 3.33. The van der Waals surface area contributed by atoms with Crippen LogP contribution >= 0.6 is 0 Å². The van der Waals surface area contributed by atoms with Crippen molar-refractivity contribution in [1.29, 1.82) is 0 Å². The van der Waals surface area contributed by atoms with Gasteiger partial charge in [0.1, 0.15) is 11.2 Å². The normalized spacial score (nSPS) is 22.7. The predicted octanol–water partition coefficient (Wildman–Crippen LogP) is 5.09. The van der Waals surface area contributed by atoms with Gasteiger partial charge in [0.2, 0.25) is 5.91 Å². The summed E-state index contributed by atoms with van der Waals surface area (Å²) in [6, 6.07) is 14.0. The van der Waals surface area contributed by atoms with Crippen LogP contribution in [0.5, 0.6) is 0 Å². The highest BCUT2D eigenvalue weighted by molar-refractivity contribution is 6.03. The predicted molar refractivity (Wildman–Crippen MR) is 128 cm³/mol. The van der Waals surface area contributed by atoms with E-state index in [0.717, 1.165) is 36.8 Å². The molecule has 0 saturated heterocycles. The van der Waals surface area contributed by atoms with Crippen molar-refractivity contribution in [3.05, 3.63) is 60.0 Å². The first-order valence-corrected chi connectivity index (χ1v) is 12.2. The largest absolute Gasteiger partial charge is 0.463 e. The Labute approximate surface area is 194 Å². The van der Waals surface area contributed by atoms with E-state index in [1.807, 2.05) is 35.8 Å². The summed E-state index contributed by atoms with van der Waals surface area (Å²) in [6.07, 6.45) is 8.41. The number of aromatic nitrogens is 1. The second-order valence-electron chi connectivity index (χ2n) is 9.95. The summed E-state index contributed by atoms with van der Waals surface area (Å²) in [5.41, 5.74) is 2.31. The Morgan fingerprint density at radius 1 is 1.15 bits per heavy atom. The van der Waals surface area contributed by atoms with Crippen molar-refractivity contribution < 1.29 is 14.0 Å². The van der Waals surface area contributed by atoms with Crippen LogP contribution in [0, 0.1) is 0 Å². The standard InChI is InChI=1S/C27H33N3O3/c1-19(20-10-6-5-7-11-20)17-30-25(31)23-16-24-22(14-15-33-24)29(23)18-27(30,2)26(32)28-21-12-8-3-4-9-13-21/h5-7,10-11,14-16,19,21H,3-4,8-9,12-13,17-18H2,1-2H3,(H,28,32). The van der Waals surface area contributed by atoms with Gasteiger partial charge in [-0.15, -0.1) is 0 Å². The highest BCUT2D eigenvalue weighted by atomic mass is 16.3. The van der Waals surface area contributed by atoms with Gasteiger partial charge in [-0.3, -0.25) is 9.59 Å². The molecule has 1 saturated carbocycles. The third-order valence-electron chi connectivity index (χ3n) is 7.55. The number of nitrogens with one attached hydrogen (secondary N) is 1. The van der Waals surface area contributed by atoms with E-state index in [9.17, 15) is 9.59 Å². The summed E-state index contributed by atoms with van der Waals surface area (Å²) >= 11 is 0. The number of benzene rings is 1. The molecule has 2 aromatic heterocycles. The highest BCUT2D eigenvalue weighted by Gasteiger charge is 2.48. The van der Waals surface area contributed by atoms with Gasteiger partial charge >= 0.3 is 0 Å². The number of fused-ring (bicyclic) bond motifs is 3. The molecular formula is C27H33N3O3. The molecular weight excluding hydrogens is 414 g/mol. The number of carbonyl (C=O) groups excluding carboxylic acids is 2. The first-order chi connectivity index (χ1) is 16.0. The number of carbonyl (C=O) groups is 2. The second kappa shape index (κ2) is 8.73. The molecule has 1 aliphatic carbocycles. The van der Waals surface area contributed by atoms with Crippen LogP contribution < -0.4 is 5.32 Å². The molecule has 2 amide bonds. The number of hydrogen-bond donors (Lipinski definition) is 1. The summed E-state index contributed by atoms with van der Waals surface area (Å²) in [4.78, 5) is 29.4. The molecule has 0 bridgehead atoms. The maximum Gasteiger partial charge on any atom is 0.271 e. The molecule has 174 valence electrons. The fourth-order valence-electron chi connectivity index (χ4n) is 5.48. The summed E-state index contributed by atoms with van der Waals surface area (Å²) in [5.74, 6) is -0.0717. The Bertz CT molecular complexity index is 1140. The highest BCUT2D eigenvalue weighted by Crippen LogP contribution is 2.35. The van der Waals surface area contributed by atoms with E-state index < -0.39 is 5.54 Å². The van der Waals surface area contributed by atoms with Crippen LogP contribution in [0.25, 0.3) is 11.1 Å². The van der Waals surface area contributed by atoms with Crippen LogP contribution in [0.4, 0.5) is 0 Å². The molecule has 0 radical (unpaired) electrons. The van der Waals surface area contributed by atoms with Gasteiger partial charge in [0.05, 0.1) is 18.3 Å². The lowest BCUT2D eigenvalue weighted by molar-refractivity contribution is -0.133. The van der Waals surface area contributed by atoms with Gasteiger partial charge in [0, 0.05) is 24.7 Å². The van der Waals surface area contributed by atoms with Gasteiger partial charge in [-0.1, -0.05) is 62.9 Å².